The maximum atomic E-state index is 5.68. The minimum atomic E-state index is 0.579. The first-order valence-electron chi connectivity index (χ1n) is 6.17. The molecular formula is C14H18N2O2S. The molecule has 0 aliphatic heterocycles. The first kappa shape index (κ1) is 14.0. The van der Waals surface area contributed by atoms with Crippen LogP contribution in [-0.2, 0) is 17.9 Å². The SMILES string of the molecule is COCCNCc1ccc(OCc2cncs2)cc1. The Bertz CT molecular complexity index is 457. The lowest BCUT2D eigenvalue weighted by Crippen LogP contribution is -2.18. The van der Waals surface area contributed by atoms with E-state index in [1.807, 2.05) is 23.8 Å². The average molecular weight is 278 g/mol. The largest absolute Gasteiger partial charge is 0.488 e. The molecule has 0 amide bonds. The van der Waals surface area contributed by atoms with Crippen LogP contribution in [0.3, 0.4) is 0 Å². The van der Waals surface area contributed by atoms with Crippen molar-refractivity contribution < 1.29 is 9.47 Å². The van der Waals surface area contributed by atoms with Crippen molar-refractivity contribution in [3.63, 3.8) is 0 Å². The molecule has 0 unspecified atom stereocenters. The topological polar surface area (TPSA) is 43.4 Å². The predicted molar refractivity (Wildman–Crippen MR) is 76.5 cm³/mol. The van der Waals surface area contributed by atoms with Gasteiger partial charge >= 0.3 is 0 Å². The Morgan fingerprint density at radius 3 is 2.79 bits per heavy atom. The lowest BCUT2D eigenvalue weighted by molar-refractivity contribution is 0.199. The van der Waals surface area contributed by atoms with E-state index in [4.69, 9.17) is 9.47 Å². The fourth-order valence-corrected chi connectivity index (χ4v) is 2.08. The summed E-state index contributed by atoms with van der Waals surface area (Å²) >= 11 is 1.60. The number of hydrogen-bond donors (Lipinski definition) is 1. The van der Waals surface area contributed by atoms with E-state index in [1.54, 1.807) is 18.4 Å². The van der Waals surface area contributed by atoms with Crippen molar-refractivity contribution in [1.82, 2.24) is 10.3 Å². The molecule has 1 N–H and O–H groups in total. The molecule has 0 saturated heterocycles. The van der Waals surface area contributed by atoms with Crippen molar-refractivity contribution in [3.05, 3.63) is 46.4 Å². The number of nitrogens with one attached hydrogen (secondary N) is 1. The van der Waals surface area contributed by atoms with Crippen molar-refractivity contribution in [2.24, 2.45) is 0 Å². The van der Waals surface area contributed by atoms with Gasteiger partial charge in [-0.25, -0.2) is 0 Å². The smallest absolute Gasteiger partial charge is 0.124 e. The number of hydrogen-bond acceptors (Lipinski definition) is 5. The van der Waals surface area contributed by atoms with E-state index in [9.17, 15) is 0 Å². The average Bonchev–Trinajstić information content (AvgIpc) is 2.96. The third-order valence-electron chi connectivity index (χ3n) is 2.60. The normalized spacial score (nSPS) is 10.6. The van der Waals surface area contributed by atoms with Crippen LogP contribution in [0.25, 0.3) is 0 Å². The number of nitrogens with zero attached hydrogens (tertiary/aromatic N) is 1. The van der Waals surface area contributed by atoms with Crippen LogP contribution >= 0.6 is 11.3 Å². The highest BCUT2D eigenvalue weighted by Gasteiger charge is 1.98. The molecular weight excluding hydrogens is 260 g/mol. The van der Waals surface area contributed by atoms with Crippen molar-refractivity contribution in [2.75, 3.05) is 20.3 Å². The van der Waals surface area contributed by atoms with Gasteiger partial charge in [-0.05, 0) is 17.7 Å². The number of methoxy groups -OCH3 is 1. The summed E-state index contributed by atoms with van der Waals surface area (Å²) in [5, 5.41) is 3.30. The zero-order valence-corrected chi connectivity index (χ0v) is 11.8. The van der Waals surface area contributed by atoms with Crippen molar-refractivity contribution in [2.45, 2.75) is 13.2 Å². The van der Waals surface area contributed by atoms with E-state index in [0.29, 0.717) is 6.61 Å². The van der Waals surface area contributed by atoms with E-state index in [-0.39, 0.29) is 0 Å². The van der Waals surface area contributed by atoms with Crippen LogP contribution in [0, 0.1) is 0 Å². The van der Waals surface area contributed by atoms with Gasteiger partial charge in [-0.2, -0.15) is 0 Å². The summed E-state index contributed by atoms with van der Waals surface area (Å²) in [7, 11) is 1.71. The Hall–Kier alpha value is -1.43. The Labute approximate surface area is 117 Å². The molecule has 0 radical (unpaired) electrons. The summed E-state index contributed by atoms with van der Waals surface area (Å²) in [5.41, 5.74) is 3.05. The monoisotopic (exact) mass is 278 g/mol. The second-order valence-corrected chi connectivity index (χ2v) is 5.04. The number of thiazole rings is 1. The second-order valence-electron chi connectivity index (χ2n) is 4.07. The van der Waals surface area contributed by atoms with Gasteiger partial charge in [0.05, 0.1) is 17.0 Å². The van der Waals surface area contributed by atoms with E-state index >= 15 is 0 Å². The van der Waals surface area contributed by atoms with E-state index in [1.165, 1.54) is 5.56 Å². The lowest BCUT2D eigenvalue weighted by atomic mass is 10.2. The maximum absolute atomic E-state index is 5.68. The van der Waals surface area contributed by atoms with Gasteiger partial charge in [0.1, 0.15) is 12.4 Å². The van der Waals surface area contributed by atoms with Gasteiger partial charge in [-0.1, -0.05) is 12.1 Å². The third kappa shape index (κ3) is 4.98. The van der Waals surface area contributed by atoms with Crippen LogP contribution in [0.5, 0.6) is 5.75 Å². The summed E-state index contributed by atoms with van der Waals surface area (Å²) in [4.78, 5) is 5.15. The molecule has 0 aliphatic carbocycles. The molecule has 0 saturated carbocycles. The molecule has 4 nitrogen and oxygen atoms in total. The van der Waals surface area contributed by atoms with Gasteiger partial charge in [0.15, 0.2) is 0 Å². The Balaban J connectivity index is 1.74. The van der Waals surface area contributed by atoms with Crippen LogP contribution in [0.2, 0.25) is 0 Å². The quantitative estimate of drug-likeness (QED) is 0.753. The van der Waals surface area contributed by atoms with Crippen molar-refractivity contribution in [1.29, 1.82) is 0 Å². The van der Waals surface area contributed by atoms with Gasteiger partial charge in [0.25, 0.3) is 0 Å². The molecule has 0 bridgehead atoms. The first-order chi connectivity index (χ1) is 9.38. The van der Waals surface area contributed by atoms with Crippen LogP contribution in [-0.4, -0.2) is 25.2 Å². The third-order valence-corrected chi connectivity index (χ3v) is 3.35. The van der Waals surface area contributed by atoms with Gasteiger partial charge in [-0.3, -0.25) is 4.98 Å². The minimum absolute atomic E-state index is 0.579. The van der Waals surface area contributed by atoms with Gasteiger partial charge in [0.2, 0.25) is 0 Å². The van der Waals surface area contributed by atoms with Crippen LogP contribution in [0.15, 0.2) is 36.0 Å². The van der Waals surface area contributed by atoms with E-state index in [2.05, 4.69) is 22.4 Å². The molecule has 1 aromatic carbocycles. The van der Waals surface area contributed by atoms with Crippen molar-refractivity contribution in [3.8, 4) is 5.75 Å². The second kappa shape index (κ2) is 7.89. The molecule has 102 valence electrons. The molecule has 0 atom stereocenters. The molecule has 19 heavy (non-hydrogen) atoms. The van der Waals surface area contributed by atoms with Gasteiger partial charge in [0, 0.05) is 26.4 Å². The summed E-state index contributed by atoms with van der Waals surface area (Å²) in [5.74, 6) is 0.883. The molecule has 1 heterocycles. The van der Waals surface area contributed by atoms with Gasteiger partial charge in [-0.15, -0.1) is 11.3 Å². The molecule has 0 fully saturated rings. The highest BCUT2D eigenvalue weighted by Crippen LogP contribution is 2.15. The number of ether oxygens (including phenoxy) is 2. The molecule has 5 heteroatoms. The summed E-state index contributed by atoms with van der Waals surface area (Å²) in [6.07, 6.45) is 1.83. The van der Waals surface area contributed by atoms with Crippen LogP contribution in [0.4, 0.5) is 0 Å². The predicted octanol–water partition coefficient (Wildman–Crippen LogP) is 2.46. The van der Waals surface area contributed by atoms with E-state index in [0.717, 1.165) is 30.3 Å². The minimum Gasteiger partial charge on any atom is -0.488 e. The molecule has 0 aliphatic rings. The molecule has 2 aromatic rings. The Kier molecular flexibility index (Phi) is 5.81. The summed E-state index contributed by atoms with van der Waals surface area (Å²) in [6, 6.07) is 8.13. The van der Waals surface area contributed by atoms with E-state index < -0.39 is 0 Å². The van der Waals surface area contributed by atoms with Crippen LogP contribution in [0.1, 0.15) is 10.4 Å². The Morgan fingerprint density at radius 1 is 1.26 bits per heavy atom. The molecule has 2 rings (SSSR count). The zero-order chi connectivity index (χ0) is 13.3. The fourth-order valence-electron chi connectivity index (χ4n) is 1.58. The Morgan fingerprint density at radius 2 is 2.11 bits per heavy atom. The van der Waals surface area contributed by atoms with Crippen molar-refractivity contribution >= 4 is 11.3 Å². The first-order valence-corrected chi connectivity index (χ1v) is 7.05. The fraction of sp³-hybridized carbons (Fsp3) is 0.357. The molecule has 0 spiro atoms. The van der Waals surface area contributed by atoms with Crippen LogP contribution < -0.4 is 10.1 Å². The lowest BCUT2D eigenvalue weighted by Gasteiger charge is -2.07. The highest BCUT2D eigenvalue weighted by molar-refractivity contribution is 7.09. The number of rotatable bonds is 8. The van der Waals surface area contributed by atoms with Gasteiger partial charge < -0.3 is 14.8 Å². The summed E-state index contributed by atoms with van der Waals surface area (Å²) in [6.45, 7) is 3.02. The number of aromatic nitrogens is 1. The zero-order valence-electron chi connectivity index (χ0n) is 11.0. The number of benzene rings is 1. The molecule has 1 aromatic heterocycles. The summed E-state index contributed by atoms with van der Waals surface area (Å²) < 4.78 is 10.7. The standard InChI is InChI=1S/C14H18N2O2S/c1-17-7-6-15-8-12-2-4-13(5-3-12)18-10-14-9-16-11-19-14/h2-5,9,11,15H,6-8,10H2,1H3. The maximum Gasteiger partial charge on any atom is 0.124 e. The highest BCUT2D eigenvalue weighted by atomic mass is 32.1.